The number of halogens is 1. The van der Waals surface area contributed by atoms with Gasteiger partial charge >= 0.3 is 0 Å². The second-order valence-electron chi connectivity index (χ2n) is 6.16. The minimum absolute atomic E-state index is 0.500. The summed E-state index contributed by atoms with van der Waals surface area (Å²) in [6.45, 7) is 4.67. The Balaban J connectivity index is 2.04. The number of benzene rings is 1. The molecule has 20 heavy (non-hydrogen) atoms. The molecule has 0 bridgehead atoms. The first-order valence-electron chi connectivity index (χ1n) is 7.56. The van der Waals surface area contributed by atoms with Gasteiger partial charge in [0.15, 0.2) is 0 Å². The molecule has 3 heteroatoms. The molecule has 1 aromatic rings. The molecule has 2 atom stereocenters. The molecule has 2 unspecified atom stereocenters. The third kappa shape index (κ3) is 3.99. The molecule has 0 heterocycles. The summed E-state index contributed by atoms with van der Waals surface area (Å²) in [5, 5.41) is 12.8. The summed E-state index contributed by atoms with van der Waals surface area (Å²) in [7, 11) is 0. The number of nitriles is 1. The lowest BCUT2D eigenvalue weighted by molar-refractivity contribution is 0.341. The summed E-state index contributed by atoms with van der Waals surface area (Å²) < 4.78 is 1.02. The van der Waals surface area contributed by atoms with Gasteiger partial charge in [-0.15, -0.1) is 0 Å². The number of hydrogen-bond donors (Lipinski definition) is 1. The molecule has 0 aliphatic heterocycles. The SMILES string of the molecule is CC(C)C1CCCC(Nc2cc(Br)ccc2C#N)CC1. The normalized spacial score (nSPS) is 23.1. The zero-order valence-electron chi connectivity index (χ0n) is 12.3. The predicted octanol–water partition coefficient (Wildman–Crippen LogP) is 5.34. The van der Waals surface area contributed by atoms with E-state index in [1.54, 1.807) is 0 Å². The number of nitrogens with zero attached hydrogens (tertiary/aromatic N) is 1. The first kappa shape index (κ1) is 15.4. The second-order valence-corrected chi connectivity index (χ2v) is 7.07. The molecule has 108 valence electrons. The van der Waals surface area contributed by atoms with Crippen LogP contribution in [0.5, 0.6) is 0 Å². The molecule has 0 spiro atoms. The van der Waals surface area contributed by atoms with Crippen LogP contribution in [0.25, 0.3) is 0 Å². The van der Waals surface area contributed by atoms with Gasteiger partial charge in [-0.05, 0) is 49.3 Å². The maximum absolute atomic E-state index is 9.20. The highest BCUT2D eigenvalue weighted by Crippen LogP contribution is 2.31. The maximum Gasteiger partial charge on any atom is 0.101 e. The van der Waals surface area contributed by atoms with E-state index in [1.165, 1.54) is 32.1 Å². The lowest BCUT2D eigenvalue weighted by Gasteiger charge is -2.20. The van der Waals surface area contributed by atoms with Crippen LogP contribution in [0.4, 0.5) is 5.69 Å². The van der Waals surface area contributed by atoms with E-state index in [-0.39, 0.29) is 0 Å². The first-order valence-corrected chi connectivity index (χ1v) is 8.35. The van der Waals surface area contributed by atoms with Crippen LogP contribution in [0.1, 0.15) is 51.5 Å². The predicted molar refractivity (Wildman–Crippen MR) is 87.7 cm³/mol. The Bertz CT molecular complexity index is 490. The third-order valence-corrected chi connectivity index (χ3v) is 4.91. The van der Waals surface area contributed by atoms with Gasteiger partial charge in [-0.1, -0.05) is 42.6 Å². The van der Waals surface area contributed by atoms with Gasteiger partial charge in [0.05, 0.1) is 11.3 Å². The van der Waals surface area contributed by atoms with Crippen molar-refractivity contribution in [2.75, 3.05) is 5.32 Å². The fraction of sp³-hybridized carbons (Fsp3) is 0.588. The Labute approximate surface area is 130 Å². The van der Waals surface area contributed by atoms with Gasteiger partial charge in [-0.25, -0.2) is 0 Å². The molecular formula is C17H23BrN2. The van der Waals surface area contributed by atoms with Gasteiger partial charge in [0.1, 0.15) is 6.07 Å². The molecule has 0 amide bonds. The number of nitrogens with one attached hydrogen (secondary N) is 1. The molecular weight excluding hydrogens is 312 g/mol. The van der Waals surface area contributed by atoms with Crippen LogP contribution in [-0.4, -0.2) is 6.04 Å². The van der Waals surface area contributed by atoms with E-state index in [0.717, 1.165) is 27.6 Å². The summed E-state index contributed by atoms with van der Waals surface area (Å²) in [4.78, 5) is 0. The second kappa shape index (κ2) is 7.13. The fourth-order valence-corrected chi connectivity index (χ4v) is 3.46. The van der Waals surface area contributed by atoms with Crippen molar-refractivity contribution >= 4 is 21.6 Å². The zero-order chi connectivity index (χ0) is 14.5. The van der Waals surface area contributed by atoms with Crippen molar-refractivity contribution in [2.24, 2.45) is 11.8 Å². The minimum Gasteiger partial charge on any atom is -0.381 e. The highest BCUT2D eigenvalue weighted by molar-refractivity contribution is 9.10. The summed E-state index contributed by atoms with van der Waals surface area (Å²) in [6.07, 6.45) is 6.35. The van der Waals surface area contributed by atoms with Crippen LogP contribution in [-0.2, 0) is 0 Å². The Morgan fingerprint density at radius 2 is 2.05 bits per heavy atom. The summed E-state index contributed by atoms with van der Waals surface area (Å²) >= 11 is 3.48. The van der Waals surface area contributed by atoms with E-state index in [1.807, 2.05) is 18.2 Å². The Kier molecular flexibility index (Phi) is 5.48. The van der Waals surface area contributed by atoms with E-state index in [0.29, 0.717) is 6.04 Å². The minimum atomic E-state index is 0.500. The van der Waals surface area contributed by atoms with E-state index >= 15 is 0 Å². The summed E-state index contributed by atoms with van der Waals surface area (Å²) in [5.74, 6) is 1.65. The van der Waals surface area contributed by atoms with Crippen LogP contribution in [0, 0.1) is 23.2 Å². The van der Waals surface area contributed by atoms with Crippen molar-refractivity contribution in [3.8, 4) is 6.07 Å². The lowest BCUT2D eigenvalue weighted by Crippen LogP contribution is -2.19. The standard InChI is InChI=1S/C17H23BrN2/c1-12(2)13-4-3-5-16(9-7-13)20-17-10-15(18)8-6-14(17)11-19/h6,8,10,12-13,16,20H,3-5,7,9H2,1-2H3. The van der Waals surface area contributed by atoms with Gasteiger partial charge in [-0.2, -0.15) is 5.26 Å². The van der Waals surface area contributed by atoms with Crippen molar-refractivity contribution < 1.29 is 0 Å². The Morgan fingerprint density at radius 3 is 2.75 bits per heavy atom. The lowest BCUT2D eigenvalue weighted by atomic mass is 9.89. The largest absolute Gasteiger partial charge is 0.381 e. The monoisotopic (exact) mass is 334 g/mol. The van der Waals surface area contributed by atoms with E-state index in [4.69, 9.17) is 0 Å². The molecule has 2 rings (SSSR count). The van der Waals surface area contributed by atoms with E-state index < -0.39 is 0 Å². The Morgan fingerprint density at radius 1 is 1.25 bits per heavy atom. The fourth-order valence-electron chi connectivity index (χ4n) is 3.09. The number of anilines is 1. The van der Waals surface area contributed by atoms with E-state index in [2.05, 4.69) is 41.2 Å². The molecule has 1 saturated carbocycles. The third-order valence-electron chi connectivity index (χ3n) is 4.42. The molecule has 0 aromatic heterocycles. The zero-order valence-corrected chi connectivity index (χ0v) is 13.9. The van der Waals surface area contributed by atoms with Crippen LogP contribution in [0.3, 0.4) is 0 Å². The van der Waals surface area contributed by atoms with Crippen LogP contribution < -0.4 is 5.32 Å². The van der Waals surface area contributed by atoms with Crippen molar-refractivity contribution in [3.63, 3.8) is 0 Å². The van der Waals surface area contributed by atoms with Crippen molar-refractivity contribution in [1.82, 2.24) is 0 Å². The summed E-state index contributed by atoms with van der Waals surface area (Å²) in [6, 6.07) is 8.59. The van der Waals surface area contributed by atoms with Crippen molar-refractivity contribution in [2.45, 2.75) is 52.0 Å². The van der Waals surface area contributed by atoms with Crippen LogP contribution in [0.2, 0.25) is 0 Å². The highest BCUT2D eigenvalue weighted by Gasteiger charge is 2.21. The molecule has 1 aromatic carbocycles. The summed E-state index contributed by atoms with van der Waals surface area (Å²) in [5.41, 5.74) is 1.70. The molecule has 1 fully saturated rings. The smallest absolute Gasteiger partial charge is 0.101 e. The van der Waals surface area contributed by atoms with Crippen molar-refractivity contribution in [1.29, 1.82) is 5.26 Å². The average molecular weight is 335 g/mol. The van der Waals surface area contributed by atoms with Gasteiger partial charge in [0, 0.05) is 10.5 Å². The maximum atomic E-state index is 9.20. The van der Waals surface area contributed by atoms with Gasteiger partial charge in [0.2, 0.25) is 0 Å². The Hall–Kier alpha value is -1.01. The molecule has 0 saturated heterocycles. The quantitative estimate of drug-likeness (QED) is 0.757. The van der Waals surface area contributed by atoms with Gasteiger partial charge in [0.25, 0.3) is 0 Å². The molecule has 1 N–H and O–H groups in total. The molecule has 1 aliphatic carbocycles. The van der Waals surface area contributed by atoms with Crippen LogP contribution >= 0.6 is 15.9 Å². The van der Waals surface area contributed by atoms with E-state index in [9.17, 15) is 5.26 Å². The molecule has 2 nitrogen and oxygen atoms in total. The van der Waals surface area contributed by atoms with Gasteiger partial charge in [-0.3, -0.25) is 0 Å². The average Bonchev–Trinajstić information content (AvgIpc) is 2.65. The first-order chi connectivity index (χ1) is 9.60. The number of hydrogen-bond acceptors (Lipinski definition) is 2. The topological polar surface area (TPSA) is 35.8 Å². The molecule has 0 radical (unpaired) electrons. The van der Waals surface area contributed by atoms with Gasteiger partial charge < -0.3 is 5.32 Å². The van der Waals surface area contributed by atoms with Crippen molar-refractivity contribution in [3.05, 3.63) is 28.2 Å². The highest BCUT2D eigenvalue weighted by atomic mass is 79.9. The van der Waals surface area contributed by atoms with Crippen LogP contribution in [0.15, 0.2) is 22.7 Å². The number of rotatable bonds is 3. The molecule has 1 aliphatic rings.